The van der Waals surface area contributed by atoms with Gasteiger partial charge in [0.1, 0.15) is 29.0 Å². The van der Waals surface area contributed by atoms with Crippen molar-refractivity contribution in [3.8, 4) is 17.2 Å². The van der Waals surface area contributed by atoms with Gasteiger partial charge < -0.3 is 41.1 Å². The Balaban J connectivity index is 2.07. The summed E-state index contributed by atoms with van der Waals surface area (Å²) in [7, 11) is 1.35. The van der Waals surface area contributed by atoms with E-state index in [4.69, 9.17) is 10.5 Å². The molecule has 0 spiro atoms. The predicted octanol–water partition coefficient (Wildman–Crippen LogP) is 1.26. The maximum Gasteiger partial charge on any atom is 0.251 e. The molecule has 2 aromatic carbocycles. The molecule has 0 aromatic heterocycles. The van der Waals surface area contributed by atoms with Gasteiger partial charge in [-0.1, -0.05) is 29.1 Å². The molecule has 218 valence electrons. The van der Waals surface area contributed by atoms with Crippen LogP contribution in [0.1, 0.15) is 67.6 Å². The molecule has 4 rings (SSSR count). The van der Waals surface area contributed by atoms with Crippen LogP contribution in [0, 0.1) is 0 Å². The third-order valence-electron chi connectivity index (χ3n) is 7.88. The summed E-state index contributed by atoms with van der Waals surface area (Å²) >= 11 is 0. The van der Waals surface area contributed by atoms with Crippen molar-refractivity contribution in [2.24, 2.45) is 5.73 Å². The Morgan fingerprint density at radius 1 is 1.17 bits per heavy atom. The highest BCUT2D eigenvalue weighted by atomic mass is 16.5. The molecule has 0 radical (unpaired) electrons. The number of phenolic OH excluding ortho intramolecular Hbond substituents is 2. The number of rotatable bonds is 7. The zero-order chi connectivity index (χ0) is 30.6. The number of aromatic hydroxyl groups is 2. The number of benzene rings is 2. The summed E-state index contributed by atoms with van der Waals surface area (Å²) in [6, 6.07) is 2.63. The Kier molecular flexibility index (Phi) is 7.50. The van der Waals surface area contributed by atoms with Crippen LogP contribution >= 0.6 is 0 Å². The van der Waals surface area contributed by atoms with E-state index in [0.29, 0.717) is 6.42 Å². The summed E-state index contributed by atoms with van der Waals surface area (Å²) < 4.78 is 5.26. The van der Waals surface area contributed by atoms with Gasteiger partial charge in [-0.2, -0.15) is 0 Å². The van der Waals surface area contributed by atoms with Crippen LogP contribution in [0.25, 0.3) is 10.8 Å². The molecule has 11 nitrogen and oxygen atoms in total. The fourth-order valence-corrected chi connectivity index (χ4v) is 5.70. The van der Waals surface area contributed by atoms with Crippen LogP contribution in [0.15, 0.2) is 46.8 Å². The molecule has 2 aliphatic rings. The van der Waals surface area contributed by atoms with Crippen molar-refractivity contribution in [3.05, 3.63) is 63.5 Å². The lowest BCUT2D eigenvalue weighted by atomic mass is 9.59. The first kappa shape index (κ1) is 29.8. The van der Waals surface area contributed by atoms with Crippen molar-refractivity contribution in [2.45, 2.75) is 63.8 Å². The third kappa shape index (κ3) is 4.37. The number of aliphatic hydroxyl groups excluding tert-OH is 1. The molecule has 0 bridgehead atoms. The van der Waals surface area contributed by atoms with Gasteiger partial charge in [0.05, 0.1) is 23.6 Å². The van der Waals surface area contributed by atoms with Crippen molar-refractivity contribution in [1.29, 1.82) is 0 Å². The summed E-state index contributed by atoms with van der Waals surface area (Å²) in [6.07, 6.45) is 1.87. The van der Waals surface area contributed by atoms with Crippen LogP contribution in [-0.4, -0.2) is 61.3 Å². The maximum absolute atomic E-state index is 13.9. The van der Waals surface area contributed by atoms with Crippen molar-refractivity contribution < 1.29 is 49.8 Å². The minimum absolute atomic E-state index is 0.0196. The van der Waals surface area contributed by atoms with Crippen molar-refractivity contribution in [2.75, 3.05) is 7.11 Å². The first-order valence-corrected chi connectivity index (χ1v) is 12.9. The van der Waals surface area contributed by atoms with E-state index in [0.717, 1.165) is 17.6 Å². The van der Waals surface area contributed by atoms with E-state index in [1.807, 2.05) is 20.8 Å². The van der Waals surface area contributed by atoms with Crippen LogP contribution in [0.2, 0.25) is 0 Å². The number of allylic oxidation sites excluding steroid dienone is 4. The lowest BCUT2D eigenvalue weighted by Gasteiger charge is -2.54. The van der Waals surface area contributed by atoms with Gasteiger partial charge in [-0.15, -0.1) is 0 Å². The summed E-state index contributed by atoms with van der Waals surface area (Å²) in [5.74, 6) is -7.33. The summed E-state index contributed by atoms with van der Waals surface area (Å²) in [4.78, 5) is 38.5. The average molecular weight is 567 g/mol. The molecule has 0 aliphatic heterocycles. The van der Waals surface area contributed by atoms with Gasteiger partial charge in [-0.05, 0) is 57.0 Å². The molecular weight excluding hydrogens is 534 g/mol. The van der Waals surface area contributed by atoms with Crippen LogP contribution in [0.4, 0.5) is 0 Å². The number of methoxy groups -OCH3 is 1. The highest BCUT2D eigenvalue weighted by Crippen LogP contribution is 2.56. The highest BCUT2D eigenvalue weighted by Gasteiger charge is 2.67. The number of Topliss-reactive ketones (excluding diaryl/α,β-unsaturated/α-hetero) is 2. The molecule has 1 amide bonds. The van der Waals surface area contributed by atoms with Gasteiger partial charge in [0, 0.05) is 18.1 Å². The Hall–Kier alpha value is -4.19. The number of hydrogen-bond acceptors (Lipinski definition) is 10. The fraction of sp³-hybridized carbons (Fsp3) is 0.367. The van der Waals surface area contributed by atoms with Gasteiger partial charge in [-0.3, -0.25) is 14.4 Å². The second-order valence-electron chi connectivity index (χ2n) is 10.8. The van der Waals surface area contributed by atoms with E-state index in [2.05, 4.69) is 6.08 Å². The van der Waals surface area contributed by atoms with Crippen LogP contribution in [0.5, 0.6) is 17.2 Å². The van der Waals surface area contributed by atoms with Crippen molar-refractivity contribution in [1.82, 2.24) is 0 Å². The number of primary amides is 1. The summed E-state index contributed by atoms with van der Waals surface area (Å²) in [6.45, 7) is 5.82. The SMILES string of the molecule is COc1cc(O)c2c(O)c3c(c(C/C=C(\C)CCC=C(C)C)c2c1)[C@H](O)[C@@]1(O)CC(=O)C(C(N)=O)=C([O-])[C@@]1(O)C3=O. The first-order valence-electron chi connectivity index (χ1n) is 12.9. The van der Waals surface area contributed by atoms with Gasteiger partial charge in [0.2, 0.25) is 5.78 Å². The number of ether oxygens (including phenoxy) is 1. The number of nitrogens with two attached hydrogens (primary N) is 1. The second-order valence-corrected chi connectivity index (χ2v) is 10.8. The van der Waals surface area contributed by atoms with E-state index in [-0.39, 0.29) is 34.1 Å². The van der Waals surface area contributed by atoms with Gasteiger partial charge >= 0.3 is 0 Å². The molecule has 11 heteroatoms. The smallest absolute Gasteiger partial charge is 0.251 e. The molecule has 0 unspecified atom stereocenters. The van der Waals surface area contributed by atoms with Crippen molar-refractivity contribution in [3.63, 3.8) is 0 Å². The minimum Gasteiger partial charge on any atom is -0.873 e. The number of fused-ring (bicyclic) bond motifs is 3. The molecule has 7 N–H and O–H groups in total. The predicted molar refractivity (Wildman–Crippen MR) is 145 cm³/mol. The Morgan fingerprint density at radius 3 is 2.41 bits per heavy atom. The Bertz CT molecular complexity index is 1600. The minimum atomic E-state index is -3.53. The Morgan fingerprint density at radius 2 is 1.83 bits per heavy atom. The quantitative estimate of drug-likeness (QED) is 0.209. The first-order chi connectivity index (χ1) is 19.1. The van der Waals surface area contributed by atoms with Crippen molar-refractivity contribution >= 4 is 28.2 Å². The number of amides is 1. The number of hydrogen-bond donors (Lipinski definition) is 6. The number of aliphatic hydroxyl groups is 3. The molecule has 2 aromatic rings. The summed E-state index contributed by atoms with van der Waals surface area (Å²) in [5.41, 5.74) is -1.52. The number of ketones is 2. The van der Waals surface area contributed by atoms with Crippen LogP contribution in [-0.2, 0) is 16.0 Å². The molecule has 0 saturated carbocycles. The number of carbonyl (C=O) groups is 3. The largest absolute Gasteiger partial charge is 0.873 e. The standard InChI is InChI=1S/C30H33NO10/c1-13(2)6-5-7-14(3)8-9-16-17-10-15(41-4)11-18(32)20(17)24(34)23-21(16)25(35)29(39)12-19(33)22(28(31)38)26(36)30(29,40)27(23)37/h6,8,10-11,25,32,34-36,39-40H,5,7,9,12H2,1-4H3,(H2,31,38)/p-1/b14-8+/t25-,29-,30+/m0/s1. The van der Waals surface area contributed by atoms with E-state index in [1.54, 1.807) is 6.08 Å². The maximum atomic E-state index is 13.9. The fourth-order valence-electron chi connectivity index (χ4n) is 5.70. The monoisotopic (exact) mass is 566 g/mol. The normalized spacial score (nSPS) is 24.3. The van der Waals surface area contributed by atoms with E-state index in [9.17, 15) is 45.0 Å². The van der Waals surface area contributed by atoms with Gasteiger partial charge in [0.15, 0.2) is 11.4 Å². The third-order valence-corrected chi connectivity index (χ3v) is 7.88. The van der Waals surface area contributed by atoms with Crippen LogP contribution in [0.3, 0.4) is 0 Å². The lowest BCUT2D eigenvalue weighted by Crippen LogP contribution is -2.71. The van der Waals surface area contributed by atoms with E-state index < -0.39 is 69.6 Å². The molecule has 0 saturated heterocycles. The second kappa shape index (κ2) is 10.3. The van der Waals surface area contributed by atoms with Gasteiger partial charge in [-0.25, -0.2) is 0 Å². The lowest BCUT2D eigenvalue weighted by molar-refractivity contribution is -0.350. The molecule has 41 heavy (non-hydrogen) atoms. The zero-order valence-electron chi connectivity index (χ0n) is 23.1. The zero-order valence-corrected chi connectivity index (χ0v) is 23.1. The topological polar surface area (TPSA) is 211 Å². The summed E-state index contributed by atoms with van der Waals surface area (Å²) in [5, 5.41) is 69.8. The van der Waals surface area contributed by atoms with Gasteiger partial charge in [0.25, 0.3) is 5.91 Å². The molecule has 0 heterocycles. The number of phenols is 2. The van der Waals surface area contributed by atoms with E-state index in [1.165, 1.54) is 19.2 Å². The molecule has 0 fully saturated rings. The molecule has 2 aliphatic carbocycles. The highest BCUT2D eigenvalue weighted by molar-refractivity contribution is 6.24. The van der Waals surface area contributed by atoms with E-state index >= 15 is 0 Å². The van der Waals surface area contributed by atoms with Crippen LogP contribution < -0.4 is 15.6 Å². The number of carbonyl (C=O) groups excluding carboxylic acids is 3. The molecule has 3 atom stereocenters. The average Bonchev–Trinajstić information content (AvgIpc) is 2.88. The molecular formula is C30H32NO10-. The Labute approximate surface area is 235 Å².